The molecule has 0 aliphatic heterocycles. The van der Waals surface area contributed by atoms with Gasteiger partial charge in [0.25, 0.3) is 0 Å². The molecule has 0 spiro atoms. The van der Waals surface area contributed by atoms with E-state index in [9.17, 15) is 10.2 Å². The minimum absolute atomic E-state index is 0.389. The van der Waals surface area contributed by atoms with Gasteiger partial charge in [0.1, 0.15) is 18.1 Å². The Hall–Kier alpha value is -1.88. The van der Waals surface area contributed by atoms with E-state index in [0.29, 0.717) is 17.9 Å². The first-order chi connectivity index (χ1) is 21.1. The maximum Gasteiger partial charge on any atom is 0.220 e. The fourth-order valence-electron chi connectivity index (χ4n) is 5.71. The number of unbranched alkanes of at least 4 members (excludes halogenated alkanes) is 16. The van der Waals surface area contributed by atoms with Crippen molar-refractivity contribution in [3.8, 4) is 11.5 Å². The number of rotatable bonds is 27. The van der Waals surface area contributed by atoms with Gasteiger partial charge >= 0.3 is 0 Å². The van der Waals surface area contributed by atoms with Gasteiger partial charge in [0.2, 0.25) is 5.79 Å². The number of ether oxygens (including phenoxy) is 2. The van der Waals surface area contributed by atoms with Gasteiger partial charge in [-0.25, -0.2) is 0 Å². The molecule has 2 N–H and O–H groups in total. The highest BCUT2D eigenvalue weighted by molar-refractivity contribution is 5.43. The van der Waals surface area contributed by atoms with Crippen LogP contribution in [-0.4, -0.2) is 23.4 Å². The predicted molar refractivity (Wildman–Crippen MR) is 182 cm³/mol. The lowest BCUT2D eigenvalue weighted by Crippen LogP contribution is -2.34. The minimum Gasteiger partial charge on any atom is -0.457 e. The van der Waals surface area contributed by atoms with E-state index in [1.807, 2.05) is 24.3 Å². The van der Waals surface area contributed by atoms with Crippen LogP contribution in [0.3, 0.4) is 0 Å². The third kappa shape index (κ3) is 15.6. The highest BCUT2D eigenvalue weighted by atomic mass is 16.6. The molecule has 43 heavy (non-hydrogen) atoms. The zero-order chi connectivity index (χ0) is 31.0. The minimum atomic E-state index is -1.80. The molecule has 4 nitrogen and oxygen atoms in total. The summed E-state index contributed by atoms with van der Waals surface area (Å²) in [7, 11) is 0. The number of hydrogen-bond acceptors (Lipinski definition) is 4. The standard InChI is InChI=1S/C39H64O4/c1-4-7-10-12-14-16-18-20-23-34-25-28-36(29-26-34)43-38-30-27-35(24-21-19-17-15-13-11-8-5-2)32-37(38)39(41,33-40)42-31-22-9-6-3/h25-30,32,40-41H,4-24,31,33H2,1-3H3. The highest BCUT2D eigenvalue weighted by Gasteiger charge is 2.33. The molecule has 1 atom stereocenters. The highest BCUT2D eigenvalue weighted by Crippen LogP contribution is 2.36. The Morgan fingerprint density at radius 3 is 1.56 bits per heavy atom. The zero-order valence-corrected chi connectivity index (χ0v) is 28.0. The molecule has 244 valence electrons. The molecule has 2 aromatic carbocycles. The fraction of sp³-hybridized carbons (Fsp3) is 0.692. The van der Waals surface area contributed by atoms with Gasteiger partial charge in [-0.05, 0) is 67.5 Å². The fourth-order valence-corrected chi connectivity index (χ4v) is 5.71. The first kappa shape index (κ1) is 37.3. The van der Waals surface area contributed by atoms with Crippen LogP contribution in [0.25, 0.3) is 0 Å². The van der Waals surface area contributed by atoms with Crippen molar-refractivity contribution in [1.29, 1.82) is 0 Å². The van der Waals surface area contributed by atoms with Crippen LogP contribution >= 0.6 is 0 Å². The van der Waals surface area contributed by atoms with Crippen molar-refractivity contribution in [2.75, 3.05) is 13.2 Å². The molecule has 2 aromatic rings. The van der Waals surface area contributed by atoms with Crippen molar-refractivity contribution < 1.29 is 19.7 Å². The molecule has 0 saturated heterocycles. The van der Waals surface area contributed by atoms with E-state index >= 15 is 0 Å². The van der Waals surface area contributed by atoms with Crippen LogP contribution in [-0.2, 0) is 23.4 Å². The second-order valence-corrected chi connectivity index (χ2v) is 12.5. The summed E-state index contributed by atoms with van der Waals surface area (Å²) in [4.78, 5) is 0. The molecule has 0 fully saturated rings. The Bertz CT molecular complexity index is 941. The Balaban J connectivity index is 2.00. The molecular weight excluding hydrogens is 532 g/mol. The van der Waals surface area contributed by atoms with Gasteiger partial charge in [-0.1, -0.05) is 142 Å². The van der Waals surface area contributed by atoms with Gasteiger partial charge in [-0.3, -0.25) is 0 Å². The summed E-state index contributed by atoms with van der Waals surface area (Å²) in [5.41, 5.74) is 2.97. The average Bonchev–Trinajstić information content (AvgIpc) is 3.03. The SMILES string of the molecule is CCCCCCCCCCc1ccc(Oc2ccc(CCCCCCCCCC)cc2C(O)(CO)OCCCCC)cc1. The van der Waals surface area contributed by atoms with E-state index in [1.54, 1.807) is 0 Å². The largest absolute Gasteiger partial charge is 0.457 e. The Labute approximate surface area is 264 Å². The predicted octanol–water partition coefficient (Wildman–Crippen LogP) is 11.2. The van der Waals surface area contributed by atoms with E-state index in [-0.39, 0.29) is 0 Å². The maximum atomic E-state index is 11.5. The molecular formula is C39H64O4. The van der Waals surface area contributed by atoms with E-state index < -0.39 is 12.4 Å². The number of hydrogen-bond donors (Lipinski definition) is 2. The molecule has 0 bridgehead atoms. The van der Waals surface area contributed by atoms with Crippen molar-refractivity contribution in [3.63, 3.8) is 0 Å². The monoisotopic (exact) mass is 596 g/mol. The van der Waals surface area contributed by atoms with Crippen LogP contribution in [0.4, 0.5) is 0 Å². The van der Waals surface area contributed by atoms with E-state index in [2.05, 4.69) is 39.0 Å². The number of aryl methyl sites for hydroxylation is 2. The van der Waals surface area contributed by atoms with Crippen molar-refractivity contribution in [3.05, 3.63) is 59.2 Å². The summed E-state index contributed by atoms with van der Waals surface area (Å²) in [6, 6.07) is 14.3. The summed E-state index contributed by atoms with van der Waals surface area (Å²) < 4.78 is 12.2. The molecule has 0 amide bonds. The number of aliphatic hydroxyl groups is 2. The van der Waals surface area contributed by atoms with Gasteiger partial charge in [0.15, 0.2) is 0 Å². The normalized spacial score (nSPS) is 12.9. The van der Waals surface area contributed by atoms with Crippen LogP contribution in [0.15, 0.2) is 42.5 Å². The lowest BCUT2D eigenvalue weighted by molar-refractivity contribution is -0.234. The van der Waals surface area contributed by atoms with Crippen molar-refractivity contribution in [2.24, 2.45) is 0 Å². The molecule has 0 saturated carbocycles. The van der Waals surface area contributed by atoms with Crippen LogP contribution in [0.1, 0.15) is 159 Å². The van der Waals surface area contributed by atoms with Crippen LogP contribution in [0, 0.1) is 0 Å². The maximum absolute atomic E-state index is 11.5. The Morgan fingerprint density at radius 2 is 1.02 bits per heavy atom. The van der Waals surface area contributed by atoms with Gasteiger partial charge in [0, 0.05) is 0 Å². The van der Waals surface area contributed by atoms with Crippen LogP contribution in [0.2, 0.25) is 0 Å². The zero-order valence-electron chi connectivity index (χ0n) is 28.0. The van der Waals surface area contributed by atoms with E-state index in [1.165, 1.54) is 102 Å². The number of aliphatic hydroxyl groups excluding tert-OH is 1. The smallest absolute Gasteiger partial charge is 0.220 e. The average molecular weight is 597 g/mol. The Morgan fingerprint density at radius 1 is 0.558 bits per heavy atom. The molecule has 4 heteroatoms. The quantitative estimate of drug-likeness (QED) is 0.0795. The Kier molecular flexibility index (Phi) is 20.4. The second kappa shape index (κ2) is 23.5. The van der Waals surface area contributed by atoms with Gasteiger partial charge < -0.3 is 19.7 Å². The van der Waals surface area contributed by atoms with E-state index in [0.717, 1.165) is 49.8 Å². The lowest BCUT2D eigenvalue weighted by atomic mass is 9.98. The van der Waals surface area contributed by atoms with Crippen molar-refractivity contribution >= 4 is 0 Å². The first-order valence-electron chi connectivity index (χ1n) is 17.9. The van der Waals surface area contributed by atoms with E-state index in [4.69, 9.17) is 9.47 Å². The van der Waals surface area contributed by atoms with Crippen LogP contribution in [0.5, 0.6) is 11.5 Å². The third-order valence-corrected chi connectivity index (χ3v) is 8.56. The second-order valence-electron chi connectivity index (χ2n) is 12.5. The first-order valence-corrected chi connectivity index (χ1v) is 17.9. The third-order valence-electron chi connectivity index (χ3n) is 8.56. The molecule has 0 aliphatic rings. The van der Waals surface area contributed by atoms with Crippen molar-refractivity contribution in [2.45, 2.75) is 161 Å². The van der Waals surface area contributed by atoms with Crippen molar-refractivity contribution in [1.82, 2.24) is 0 Å². The number of benzene rings is 2. The summed E-state index contributed by atoms with van der Waals surface area (Å²) >= 11 is 0. The topological polar surface area (TPSA) is 58.9 Å². The summed E-state index contributed by atoms with van der Waals surface area (Å²) in [6.07, 6.45) is 25.8. The summed E-state index contributed by atoms with van der Waals surface area (Å²) in [6.45, 7) is 6.53. The van der Waals surface area contributed by atoms with Gasteiger partial charge in [0.05, 0.1) is 12.2 Å². The molecule has 0 aliphatic carbocycles. The molecule has 1 unspecified atom stereocenters. The summed E-state index contributed by atoms with van der Waals surface area (Å²) in [5.74, 6) is -0.542. The molecule has 0 heterocycles. The van der Waals surface area contributed by atoms with Crippen LogP contribution < -0.4 is 4.74 Å². The molecule has 2 rings (SSSR count). The lowest BCUT2D eigenvalue weighted by Gasteiger charge is -2.29. The molecule has 0 radical (unpaired) electrons. The van der Waals surface area contributed by atoms with Gasteiger partial charge in [-0.15, -0.1) is 0 Å². The molecule has 0 aromatic heterocycles. The summed E-state index contributed by atoms with van der Waals surface area (Å²) in [5, 5.41) is 21.8. The van der Waals surface area contributed by atoms with Gasteiger partial charge in [-0.2, -0.15) is 0 Å².